The number of hydrogen-bond acceptors (Lipinski definition) is 4. The van der Waals surface area contributed by atoms with Gasteiger partial charge < -0.3 is 9.52 Å². The minimum Gasteiger partial charge on any atom is -0.512 e. The minimum absolute atomic E-state index is 0. The summed E-state index contributed by atoms with van der Waals surface area (Å²) in [5.74, 6) is -0.0625. The fourth-order valence-electron chi connectivity index (χ4n) is 7.25. The number of aliphatic hydroxyl groups is 1. The van der Waals surface area contributed by atoms with Crippen molar-refractivity contribution in [3.8, 4) is 11.3 Å². The van der Waals surface area contributed by atoms with Crippen LogP contribution in [0.4, 0.5) is 0 Å². The Hall–Kier alpha value is -3.79. The number of carbonyl (C=O) groups is 1. The zero-order valence-corrected chi connectivity index (χ0v) is 31.3. The summed E-state index contributed by atoms with van der Waals surface area (Å²) >= 11 is 0. The Kier molecular flexibility index (Phi) is 9.07. The molecule has 0 atom stereocenters. The minimum atomic E-state index is -0.125. The summed E-state index contributed by atoms with van der Waals surface area (Å²) in [5, 5.41) is 15.6. The second kappa shape index (κ2) is 12.3. The van der Waals surface area contributed by atoms with Gasteiger partial charge in [0.05, 0.1) is 5.76 Å². The third-order valence-electron chi connectivity index (χ3n) is 9.58. The summed E-state index contributed by atoms with van der Waals surface area (Å²) in [6.45, 7) is 19.3. The Morgan fingerprint density at radius 1 is 0.872 bits per heavy atom. The molecule has 5 heteroatoms. The number of aliphatic hydroxyl groups excluding tert-OH is 1. The maximum Gasteiger partial charge on any atom is 0.155 e. The second-order valence-electron chi connectivity index (χ2n) is 15.2. The third-order valence-corrected chi connectivity index (χ3v) is 9.58. The fraction of sp³-hybridized carbons (Fsp3) is 0.333. The number of benzene rings is 4. The Morgan fingerprint density at radius 2 is 1.53 bits per heavy atom. The van der Waals surface area contributed by atoms with E-state index in [1.807, 2.05) is 6.20 Å². The number of ketones is 1. The van der Waals surface area contributed by atoms with Gasteiger partial charge in [0.15, 0.2) is 5.78 Å². The molecule has 2 heterocycles. The van der Waals surface area contributed by atoms with Crippen molar-refractivity contribution in [3.63, 3.8) is 0 Å². The molecule has 4 aromatic carbocycles. The number of rotatable bonds is 2. The van der Waals surface area contributed by atoms with Gasteiger partial charge in [-0.2, -0.15) is 0 Å². The number of nitrogens with zero attached hydrogens (tertiary/aromatic N) is 1. The van der Waals surface area contributed by atoms with Gasteiger partial charge in [-0.3, -0.25) is 9.78 Å². The maximum absolute atomic E-state index is 10.0. The largest absolute Gasteiger partial charge is 0.512 e. The summed E-state index contributed by atoms with van der Waals surface area (Å²) in [5.41, 5.74) is 8.39. The van der Waals surface area contributed by atoms with Crippen LogP contribution in [0, 0.1) is 6.07 Å². The van der Waals surface area contributed by atoms with E-state index in [0.717, 1.165) is 39.6 Å². The molecule has 0 aliphatic heterocycles. The fourth-order valence-corrected chi connectivity index (χ4v) is 7.25. The number of aromatic nitrogens is 1. The Balaban J connectivity index is 0.000000491. The van der Waals surface area contributed by atoms with Crippen molar-refractivity contribution in [2.45, 2.75) is 91.4 Å². The molecule has 0 saturated carbocycles. The molecule has 0 spiro atoms. The zero-order valence-electron chi connectivity index (χ0n) is 28.9. The van der Waals surface area contributed by atoms with Gasteiger partial charge in [-0.1, -0.05) is 89.7 Å². The van der Waals surface area contributed by atoms with E-state index in [-0.39, 0.29) is 47.9 Å². The van der Waals surface area contributed by atoms with Crippen LogP contribution in [-0.2, 0) is 41.1 Å². The zero-order chi connectivity index (χ0) is 33.2. The van der Waals surface area contributed by atoms with Crippen LogP contribution in [0.15, 0.2) is 83.1 Å². The number of carbonyl (C=O) groups excluding carboxylic acids is 1. The van der Waals surface area contributed by atoms with E-state index in [1.165, 1.54) is 64.6 Å². The molecular formula is C42H44IrNO3-. The average molecular weight is 803 g/mol. The van der Waals surface area contributed by atoms with Crippen molar-refractivity contribution in [1.29, 1.82) is 0 Å². The van der Waals surface area contributed by atoms with Crippen LogP contribution in [0.25, 0.3) is 54.7 Å². The summed E-state index contributed by atoms with van der Waals surface area (Å²) in [4.78, 5) is 15.0. The van der Waals surface area contributed by atoms with E-state index in [2.05, 4.69) is 115 Å². The Labute approximate surface area is 291 Å². The molecule has 0 unspecified atom stereocenters. The Bertz CT molecular complexity index is 2190. The van der Waals surface area contributed by atoms with Crippen LogP contribution in [0.3, 0.4) is 0 Å². The van der Waals surface area contributed by atoms with Crippen LogP contribution < -0.4 is 0 Å². The molecule has 1 aliphatic rings. The number of allylic oxidation sites excluding steroid dienone is 2. The standard InChI is InChI=1S/C37H36NO.C5H8O2.Ir/c1-35(2,3)28-21-23(20-22-10-8-9-11-24(22)28)34-26-12-14-29-31(25(26)16-19-38-34)32-30(39-29)15-13-27-33(32)37(6,7)18-17-36(27,4)5;1-4(6)3-5(2)7;/h8-16,19,21H,17-18H2,1-7H3;3,6H,1-2H3;/q-1;;/b;4-3-;. The predicted octanol–water partition coefficient (Wildman–Crippen LogP) is 11.4. The van der Waals surface area contributed by atoms with Gasteiger partial charge in [0.2, 0.25) is 0 Å². The van der Waals surface area contributed by atoms with Crippen molar-refractivity contribution in [3.05, 3.63) is 101 Å². The number of furan rings is 1. The van der Waals surface area contributed by atoms with Crippen LogP contribution in [0.5, 0.6) is 0 Å². The predicted molar refractivity (Wildman–Crippen MR) is 192 cm³/mol. The molecule has 4 nitrogen and oxygen atoms in total. The van der Waals surface area contributed by atoms with Gasteiger partial charge >= 0.3 is 0 Å². The molecule has 245 valence electrons. The quantitative estimate of drug-likeness (QED) is 0.108. The second-order valence-corrected chi connectivity index (χ2v) is 15.2. The first-order valence-corrected chi connectivity index (χ1v) is 16.2. The topological polar surface area (TPSA) is 63.3 Å². The summed E-state index contributed by atoms with van der Waals surface area (Å²) in [6.07, 6.45) is 5.48. The first-order valence-electron chi connectivity index (χ1n) is 16.2. The third kappa shape index (κ3) is 6.28. The SMILES string of the molecule is CC(=O)/C=C(/C)O.CC(C)(C)c1cc(-c2nccc3c2ccc2oc4ccc5c(c4c23)C(C)(C)CCC5(C)C)[c-]c2ccccc12.[Ir]. The number of hydrogen-bond donors (Lipinski definition) is 1. The molecule has 2 aromatic heterocycles. The van der Waals surface area contributed by atoms with Crippen molar-refractivity contribution < 1.29 is 34.4 Å². The first kappa shape index (κ1) is 34.5. The number of pyridine rings is 1. The van der Waals surface area contributed by atoms with E-state index in [9.17, 15) is 4.79 Å². The van der Waals surface area contributed by atoms with E-state index in [1.54, 1.807) is 0 Å². The molecule has 0 saturated heterocycles. The van der Waals surface area contributed by atoms with Gasteiger partial charge in [-0.25, -0.2) is 0 Å². The Morgan fingerprint density at radius 3 is 2.19 bits per heavy atom. The van der Waals surface area contributed by atoms with Gasteiger partial charge in [0.25, 0.3) is 0 Å². The molecule has 0 fully saturated rings. The molecule has 0 amide bonds. The number of fused-ring (bicyclic) bond motifs is 8. The van der Waals surface area contributed by atoms with Gasteiger partial charge in [0.1, 0.15) is 11.2 Å². The van der Waals surface area contributed by atoms with Gasteiger partial charge in [-0.15, -0.1) is 29.1 Å². The van der Waals surface area contributed by atoms with Crippen LogP contribution >= 0.6 is 0 Å². The van der Waals surface area contributed by atoms with Crippen LogP contribution in [0.2, 0.25) is 0 Å². The normalized spacial score (nSPS) is 15.6. The van der Waals surface area contributed by atoms with E-state index >= 15 is 0 Å². The molecule has 47 heavy (non-hydrogen) atoms. The summed E-state index contributed by atoms with van der Waals surface area (Å²) in [7, 11) is 0. The van der Waals surface area contributed by atoms with E-state index in [4.69, 9.17) is 14.5 Å². The molecule has 0 bridgehead atoms. The van der Waals surface area contributed by atoms with E-state index < -0.39 is 0 Å². The average Bonchev–Trinajstić information content (AvgIpc) is 3.37. The van der Waals surface area contributed by atoms with Crippen molar-refractivity contribution in [2.75, 3.05) is 0 Å². The molecule has 1 radical (unpaired) electrons. The van der Waals surface area contributed by atoms with Crippen molar-refractivity contribution in [1.82, 2.24) is 4.98 Å². The summed E-state index contributed by atoms with van der Waals surface area (Å²) in [6, 6.07) is 25.6. The smallest absolute Gasteiger partial charge is 0.155 e. The summed E-state index contributed by atoms with van der Waals surface area (Å²) < 4.78 is 6.53. The van der Waals surface area contributed by atoms with Gasteiger partial charge in [0, 0.05) is 48.8 Å². The molecule has 7 rings (SSSR count). The van der Waals surface area contributed by atoms with Crippen molar-refractivity contribution >= 4 is 49.3 Å². The molecular weight excluding hydrogens is 759 g/mol. The molecule has 1 aliphatic carbocycles. The molecule has 1 N–H and O–H groups in total. The molecule has 6 aromatic rings. The maximum atomic E-state index is 10.0. The van der Waals surface area contributed by atoms with Crippen LogP contribution in [-0.4, -0.2) is 15.9 Å². The monoisotopic (exact) mass is 803 g/mol. The first-order chi connectivity index (χ1) is 21.6. The van der Waals surface area contributed by atoms with Gasteiger partial charge in [-0.05, 0) is 83.0 Å². The van der Waals surface area contributed by atoms with Crippen LogP contribution in [0.1, 0.15) is 91.8 Å². The van der Waals surface area contributed by atoms with Crippen molar-refractivity contribution in [2.24, 2.45) is 0 Å². The van der Waals surface area contributed by atoms with E-state index in [0.29, 0.717) is 0 Å².